The minimum absolute atomic E-state index is 0.0195. The molecule has 204 valence electrons. The molecule has 6 aromatic rings. The zero-order valence-corrected chi connectivity index (χ0v) is 24.5. The smallest absolute Gasteiger partial charge is 0.310 e. The Morgan fingerprint density at radius 1 is 0.780 bits per heavy atom. The Bertz CT molecular complexity index is 1870. The molecule has 0 amide bonds. The van der Waals surface area contributed by atoms with E-state index < -0.39 is 8.16 Å². The van der Waals surface area contributed by atoms with Crippen LogP contribution in [-0.2, 0) is 0 Å². The first kappa shape index (κ1) is 26.9. The molecule has 0 aliphatic heterocycles. The SMILES string of the molecule is C=C/C=C(/CN([C@H](C)c1ccccc1)p1oc2ccc3ccccc3c2c2c(ccc3ccccc32)o1)C(=C)CC. The molecule has 1 heterocycles. The number of fused-ring (bicyclic) bond motifs is 7. The van der Waals surface area contributed by atoms with Crippen molar-refractivity contribution in [2.75, 3.05) is 11.2 Å². The van der Waals surface area contributed by atoms with Crippen LogP contribution in [0.25, 0.3) is 43.5 Å². The van der Waals surface area contributed by atoms with Gasteiger partial charge in [-0.3, -0.25) is 0 Å². The fourth-order valence-electron chi connectivity index (χ4n) is 5.53. The molecule has 3 nitrogen and oxygen atoms in total. The molecule has 0 bridgehead atoms. The minimum Gasteiger partial charge on any atom is -0.408 e. The van der Waals surface area contributed by atoms with Crippen LogP contribution in [0.15, 0.2) is 148 Å². The maximum Gasteiger partial charge on any atom is 0.310 e. The van der Waals surface area contributed by atoms with Gasteiger partial charge in [0.1, 0.15) is 11.2 Å². The molecule has 4 heteroatoms. The number of hydrogen-bond donors (Lipinski definition) is 0. The number of allylic oxidation sites excluding steroid dienone is 2. The van der Waals surface area contributed by atoms with Gasteiger partial charge in [-0.25, -0.2) is 0 Å². The van der Waals surface area contributed by atoms with E-state index in [1.165, 1.54) is 16.3 Å². The van der Waals surface area contributed by atoms with Gasteiger partial charge in [-0.1, -0.05) is 129 Å². The molecule has 0 radical (unpaired) electrons. The van der Waals surface area contributed by atoms with Gasteiger partial charge in [0.05, 0.1) is 0 Å². The van der Waals surface area contributed by atoms with E-state index in [1.54, 1.807) is 0 Å². The second-order valence-corrected chi connectivity index (χ2v) is 11.7. The highest BCUT2D eigenvalue weighted by atomic mass is 31.1. The Labute approximate surface area is 242 Å². The first-order valence-electron chi connectivity index (χ1n) is 14.1. The molecule has 0 aliphatic carbocycles. The van der Waals surface area contributed by atoms with Crippen LogP contribution in [0.3, 0.4) is 0 Å². The largest absolute Gasteiger partial charge is 0.408 e. The summed E-state index contributed by atoms with van der Waals surface area (Å²) in [6, 6.07) is 36.1. The van der Waals surface area contributed by atoms with Gasteiger partial charge in [-0.15, -0.1) is 0 Å². The normalized spacial score (nSPS) is 12.8. The fourth-order valence-corrected chi connectivity index (χ4v) is 7.10. The van der Waals surface area contributed by atoms with E-state index in [4.69, 9.17) is 8.39 Å². The van der Waals surface area contributed by atoms with Crippen molar-refractivity contribution in [1.29, 1.82) is 0 Å². The molecule has 0 unspecified atom stereocenters. The van der Waals surface area contributed by atoms with E-state index in [0.717, 1.165) is 50.3 Å². The Kier molecular flexibility index (Phi) is 7.65. The van der Waals surface area contributed by atoms with Gasteiger partial charge >= 0.3 is 8.16 Å². The van der Waals surface area contributed by atoms with Crippen LogP contribution in [0.5, 0.6) is 0 Å². The van der Waals surface area contributed by atoms with Gasteiger partial charge in [-0.05, 0) is 58.2 Å². The topological polar surface area (TPSA) is 29.5 Å². The number of hydrogen-bond acceptors (Lipinski definition) is 3. The van der Waals surface area contributed by atoms with Crippen molar-refractivity contribution in [2.45, 2.75) is 26.3 Å². The molecule has 0 spiro atoms. The standard InChI is InChI=1S/C37H34NO2P/c1-5-14-31(26(3)6-2)25-38(27(4)28-15-8-7-9-16-28)41-39-34-23-21-29-17-10-12-19-32(29)36(34)37-33-20-13-11-18-30(33)22-24-35(37)40-41/h5,7-24,27H,1,3,6,25H2,2,4H3/b31-14-/t27-/m1/s1. The van der Waals surface area contributed by atoms with E-state index >= 15 is 0 Å². The summed E-state index contributed by atoms with van der Waals surface area (Å²) in [4.78, 5) is 0. The van der Waals surface area contributed by atoms with Crippen molar-refractivity contribution >= 4 is 51.6 Å². The summed E-state index contributed by atoms with van der Waals surface area (Å²) in [5.74, 6) is 0. The summed E-state index contributed by atoms with van der Waals surface area (Å²) in [6.45, 7) is 13.3. The number of nitrogens with zero attached hydrogens (tertiary/aromatic N) is 1. The first-order valence-corrected chi connectivity index (χ1v) is 15.2. The average molecular weight is 556 g/mol. The van der Waals surface area contributed by atoms with Crippen molar-refractivity contribution in [3.63, 3.8) is 0 Å². The Morgan fingerprint density at radius 2 is 1.32 bits per heavy atom. The third kappa shape index (κ3) is 5.15. The minimum atomic E-state index is -1.56. The van der Waals surface area contributed by atoms with E-state index in [1.807, 2.05) is 6.08 Å². The lowest BCUT2D eigenvalue weighted by Gasteiger charge is -2.27. The molecule has 1 atom stereocenters. The zero-order chi connectivity index (χ0) is 28.3. The van der Waals surface area contributed by atoms with Crippen molar-refractivity contribution in [3.05, 3.63) is 145 Å². The van der Waals surface area contributed by atoms with E-state index in [9.17, 15) is 0 Å². The summed E-state index contributed by atoms with van der Waals surface area (Å²) < 4.78 is 16.3. The molecular weight excluding hydrogens is 521 g/mol. The Hall–Kier alpha value is -4.30. The van der Waals surface area contributed by atoms with E-state index in [2.05, 4.69) is 141 Å². The zero-order valence-electron chi connectivity index (χ0n) is 23.6. The number of rotatable bonds is 8. The quantitative estimate of drug-likeness (QED) is 0.175. The third-order valence-corrected chi connectivity index (χ3v) is 9.47. The predicted molar refractivity (Wildman–Crippen MR) is 177 cm³/mol. The molecule has 1 aromatic heterocycles. The van der Waals surface area contributed by atoms with Gasteiger partial charge in [0.25, 0.3) is 0 Å². The summed E-state index contributed by atoms with van der Waals surface area (Å²) in [5, 5.41) is 6.79. The Balaban J connectivity index is 1.71. The molecule has 5 aromatic carbocycles. The van der Waals surface area contributed by atoms with Crippen LogP contribution in [0.1, 0.15) is 31.9 Å². The molecule has 0 fully saturated rings. The van der Waals surface area contributed by atoms with E-state index in [-0.39, 0.29) is 6.04 Å². The molecule has 6 rings (SSSR count). The molecule has 0 aliphatic rings. The van der Waals surface area contributed by atoms with Crippen LogP contribution in [0.2, 0.25) is 0 Å². The van der Waals surface area contributed by atoms with Crippen LogP contribution in [0.4, 0.5) is 0 Å². The lowest BCUT2D eigenvalue weighted by molar-refractivity contribution is 0.603. The summed E-state index contributed by atoms with van der Waals surface area (Å²) in [5.41, 5.74) is 5.07. The first-order chi connectivity index (χ1) is 20.1. The van der Waals surface area contributed by atoms with Gasteiger partial charge in [0.2, 0.25) is 0 Å². The van der Waals surface area contributed by atoms with Crippen LogP contribution in [0, 0.1) is 0 Å². The predicted octanol–water partition coefficient (Wildman–Crippen LogP) is 11.4. The molecule has 41 heavy (non-hydrogen) atoms. The van der Waals surface area contributed by atoms with Gasteiger partial charge in [0, 0.05) is 23.4 Å². The second kappa shape index (κ2) is 11.7. The lowest BCUT2D eigenvalue weighted by atomic mass is 9.99. The maximum absolute atomic E-state index is 6.98. The Morgan fingerprint density at radius 3 is 1.85 bits per heavy atom. The highest BCUT2D eigenvalue weighted by Crippen LogP contribution is 2.44. The van der Waals surface area contributed by atoms with Crippen molar-refractivity contribution in [1.82, 2.24) is 0 Å². The maximum atomic E-state index is 6.98. The summed E-state index contributed by atoms with van der Waals surface area (Å²) in [6.07, 6.45) is 4.76. The number of benzene rings is 5. The third-order valence-electron chi connectivity index (χ3n) is 7.86. The summed E-state index contributed by atoms with van der Waals surface area (Å²) >= 11 is 0. The van der Waals surface area contributed by atoms with Crippen LogP contribution < -0.4 is 4.67 Å². The van der Waals surface area contributed by atoms with Gasteiger partial charge in [-0.2, -0.15) is 4.67 Å². The molecule has 0 saturated carbocycles. The molecule has 0 saturated heterocycles. The van der Waals surface area contributed by atoms with Crippen molar-refractivity contribution in [2.24, 2.45) is 0 Å². The van der Waals surface area contributed by atoms with Crippen molar-refractivity contribution in [3.8, 4) is 0 Å². The summed E-state index contributed by atoms with van der Waals surface area (Å²) in [7, 11) is -1.56. The molecule has 0 N–H and O–H groups in total. The molecular formula is C37H34NO2P. The lowest BCUT2D eigenvalue weighted by Crippen LogP contribution is -2.26. The van der Waals surface area contributed by atoms with Gasteiger partial charge < -0.3 is 8.39 Å². The van der Waals surface area contributed by atoms with Gasteiger partial charge in [0.15, 0.2) is 0 Å². The van der Waals surface area contributed by atoms with Crippen molar-refractivity contribution < 1.29 is 8.39 Å². The average Bonchev–Trinajstić information content (AvgIpc) is 3.20. The van der Waals surface area contributed by atoms with Crippen LogP contribution in [-0.4, -0.2) is 6.54 Å². The monoisotopic (exact) mass is 555 g/mol. The second-order valence-electron chi connectivity index (χ2n) is 10.3. The van der Waals surface area contributed by atoms with E-state index in [0.29, 0.717) is 6.54 Å². The highest BCUT2D eigenvalue weighted by Gasteiger charge is 2.25. The highest BCUT2D eigenvalue weighted by molar-refractivity contribution is 7.39. The fraction of sp³-hybridized carbons (Fsp3) is 0.135. The van der Waals surface area contributed by atoms with Crippen LogP contribution >= 0.6 is 8.16 Å².